The zero-order valence-electron chi connectivity index (χ0n) is 16.2. The minimum absolute atomic E-state index is 0.0802. The molecule has 1 heterocycles. The number of carbonyl (C=O) groups is 2. The van der Waals surface area contributed by atoms with E-state index in [4.69, 9.17) is 4.74 Å². The van der Waals surface area contributed by atoms with E-state index >= 15 is 0 Å². The van der Waals surface area contributed by atoms with Crippen LogP contribution in [0.15, 0.2) is 53.4 Å². The first-order valence-corrected chi connectivity index (χ1v) is 10.1. The van der Waals surface area contributed by atoms with Crippen molar-refractivity contribution >= 4 is 40.5 Å². The predicted molar refractivity (Wildman–Crippen MR) is 113 cm³/mol. The molecule has 0 bridgehead atoms. The first-order valence-electron chi connectivity index (χ1n) is 9.11. The number of para-hydroxylation sites is 2. The molecule has 1 aliphatic rings. The molecule has 0 fully saturated rings. The highest BCUT2D eigenvalue weighted by Gasteiger charge is 2.41. The van der Waals surface area contributed by atoms with Gasteiger partial charge < -0.3 is 4.74 Å². The molecule has 7 nitrogen and oxygen atoms in total. The van der Waals surface area contributed by atoms with Gasteiger partial charge in [-0.1, -0.05) is 19.1 Å². The number of thioether (sulfide) groups is 1. The Bertz CT molecular complexity index is 998. The highest BCUT2D eigenvalue weighted by atomic mass is 32.2. The van der Waals surface area contributed by atoms with Crippen molar-refractivity contribution in [3.05, 3.63) is 69.1 Å². The summed E-state index contributed by atoms with van der Waals surface area (Å²) in [7, 11) is 0. The van der Waals surface area contributed by atoms with E-state index in [1.165, 1.54) is 36.0 Å². The van der Waals surface area contributed by atoms with Crippen molar-refractivity contribution < 1.29 is 19.2 Å². The van der Waals surface area contributed by atoms with Gasteiger partial charge in [-0.3, -0.25) is 19.7 Å². The molecule has 3 rings (SSSR count). The lowest BCUT2D eigenvalue weighted by Gasteiger charge is -2.20. The van der Waals surface area contributed by atoms with Crippen LogP contribution in [0.3, 0.4) is 0 Å². The Morgan fingerprint density at radius 2 is 1.72 bits per heavy atom. The van der Waals surface area contributed by atoms with E-state index in [1.54, 1.807) is 24.3 Å². The van der Waals surface area contributed by atoms with Crippen LogP contribution in [0.1, 0.15) is 26.3 Å². The van der Waals surface area contributed by atoms with Gasteiger partial charge in [0.1, 0.15) is 5.75 Å². The van der Waals surface area contributed by atoms with Crippen molar-refractivity contribution in [1.82, 2.24) is 0 Å². The standard InChI is InChI=1S/C21H20N2O5S/c1-4-29-19-18(14-9-11-15(12-10-14)23(26)27)20(24)22(21(19)25)16-7-5-6-8-17(16)28-13(2)3/h5-13H,4H2,1-3H3. The number of amides is 2. The molecule has 150 valence electrons. The summed E-state index contributed by atoms with van der Waals surface area (Å²) < 4.78 is 5.79. The number of rotatable bonds is 7. The van der Waals surface area contributed by atoms with Crippen molar-refractivity contribution in [2.24, 2.45) is 0 Å². The summed E-state index contributed by atoms with van der Waals surface area (Å²) in [6.07, 6.45) is -0.129. The number of carbonyl (C=O) groups excluding carboxylic acids is 2. The smallest absolute Gasteiger partial charge is 0.272 e. The van der Waals surface area contributed by atoms with Crippen LogP contribution in [0.4, 0.5) is 11.4 Å². The van der Waals surface area contributed by atoms with Crippen molar-refractivity contribution in [3.8, 4) is 5.75 Å². The van der Waals surface area contributed by atoms with Crippen molar-refractivity contribution in [2.45, 2.75) is 26.9 Å². The zero-order chi connectivity index (χ0) is 21.1. The Morgan fingerprint density at radius 1 is 1.07 bits per heavy atom. The maximum atomic E-state index is 13.3. The first-order chi connectivity index (χ1) is 13.8. The number of nitrogens with zero attached hydrogens (tertiary/aromatic N) is 2. The zero-order valence-corrected chi connectivity index (χ0v) is 17.1. The van der Waals surface area contributed by atoms with Crippen LogP contribution < -0.4 is 9.64 Å². The van der Waals surface area contributed by atoms with E-state index in [1.807, 2.05) is 20.8 Å². The number of benzene rings is 2. The van der Waals surface area contributed by atoms with Gasteiger partial charge in [-0.2, -0.15) is 0 Å². The topological polar surface area (TPSA) is 89.8 Å². The van der Waals surface area contributed by atoms with Gasteiger partial charge in [-0.05, 0) is 49.4 Å². The third kappa shape index (κ3) is 4.02. The molecule has 0 saturated carbocycles. The van der Waals surface area contributed by atoms with Gasteiger partial charge in [-0.25, -0.2) is 4.90 Å². The van der Waals surface area contributed by atoms with Gasteiger partial charge >= 0.3 is 0 Å². The van der Waals surface area contributed by atoms with Crippen LogP contribution in [0.5, 0.6) is 5.75 Å². The normalized spacial score (nSPS) is 14.1. The molecule has 2 aromatic rings. The van der Waals surface area contributed by atoms with E-state index < -0.39 is 16.7 Å². The number of non-ortho nitro benzene ring substituents is 1. The third-order valence-electron chi connectivity index (χ3n) is 4.17. The Morgan fingerprint density at radius 3 is 2.31 bits per heavy atom. The highest BCUT2D eigenvalue weighted by Crippen LogP contribution is 2.41. The highest BCUT2D eigenvalue weighted by molar-refractivity contribution is 8.04. The number of hydrogen-bond acceptors (Lipinski definition) is 6. The average Bonchev–Trinajstić information content (AvgIpc) is 2.92. The lowest BCUT2D eigenvalue weighted by atomic mass is 10.1. The number of ether oxygens (including phenoxy) is 1. The molecule has 1 aliphatic heterocycles. The number of nitro groups is 1. The Hall–Kier alpha value is -3.13. The molecule has 2 amide bonds. The Balaban J connectivity index is 2.07. The van der Waals surface area contributed by atoms with E-state index in [2.05, 4.69) is 0 Å². The molecule has 0 saturated heterocycles. The van der Waals surface area contributed by atoms with Gasteiger partial charge in [0.25, 0.3) is 17.5 Å². The average molecular weight is 412 g/mol. The quantitative estimate of drug-likeness (QED) is 0.380. The van der Waals surface area contributed by atoms with Gasteiger partial charge in [0.15, 0.2) is 0 Å². The molecule has 0 unspecified atom stereocenters. The van der Waals surface area contributed by atoms with Crippen LogP contribution in [-0.4, -0.2) is 28.6 Å². The minimum atomic E-state index is -0.507. The van der Waals surface area contributed by atoms with Gasteiger partial charge in [-0.15, -0.1) is 11.8 Å². The second kappa shape index (κ2) is 8.48. The number of anilines is 1. The van der Waals surface area contributed by atoms with Crippen LogP contribution in [0, 0.1) is 10.1 Å². The second-order valence-electron chi connectivity index (χ2n) is 6.52. The Labute approximate surface area is 172 Å². The number of imide groups is 1. The molecule has 0 spiro atoms. The molecule has 0 N–H and O–H groups in total. The van der Waals surface area contributed by atoms with E-state index in [0.29, 0.717) is 27.7 Å². The number of nitro benzene ring substituents is 1. The summed E-state index contributed by atoms with van der Waals surface area (Å²) in [5.41, 5.74) is 1.01. The lowest BCUT2D eigenvalue weighted by Crippen LogP contribution is -2.32. The molecular weight excluding hydrogens is 392 g/mol. The van der Waals surface area contributed by atoms with Crippen LogP contribution in [0.2, 0.25) is 0 Å². The van der Waals surface area contributed by atoms with E-state index in [0.717, 1.165) is 4.90 Å². The van der Waals surface area contributed by atoms with E-state index in [-0.39, 0.29) is 17.4 Å². The summed E-state index contributed by atoms with van der Waals surface area (Å²) in [6, 6.07) is 12.5. The largest absolute Gasteiger partial charge is 0.489 e. The fraction of sp³-hybridized carbons (Fsp3) is 0.238. The monoisotopic (exact) mass is 412 g/mol. The molecule has 0 radical (unpaired) electrons. The SMILES string of the molecule is CCSC1=C(c2ccc([N+](=O)[O-])cc2)C(=O)N(c2ccccc2OC(C)C)C1=O. The molecule has 2 aromatic carbocycles. The fourth-order valence-electron chi connectivity index (χ4n) is 3.01. The summed E-state index contributed by atoms with van der Waals surface area (Å²) in [4.78, 5) is 38.3. The van der Waals surface area contributed by atoms with E-state index in [9.17, 15) is 19.7 Å². The van der Waals surface area contributed by atoms with Crippen molar-refractivity contribution in [2.75, 3.05) is 10.7 Å². The molecule has 0 atom stereocenters. The summed E-state index contributed by atoms with van der Waals surface area (Å²) in [5, 5.41) is 10.9. The fourth-order valence-corrected chi connectivity index (χ4v) is 3.86. The molecule has 0 aromatic heterocycles. The maximum absolute atomic E-state index is 13.3. The number of hydrogen-bond donors (Lipinski definition) is 0. The van der Waals surface area contributed by atoms with Gasteiger partial charge in [0.2, 0.25) is 0 Å². The first kappa shape index (κ1) is 20.6. The summed E-state index contributed by atoms with van der Waals surface area (Å²) in [5.74, 6) is 0.146. The predicted octanol–water partition coefficient (Wildman–Crippen LogP) is 4.42. The second-order valence-corrected chi connectivity index (χ2v) is 7.80. The molecular formula is C21H20N2O5S. The van der Waals surface area contributed by atoms with Crippen molar-refractivity contribution in [3.63, 3.8) is 0 Å². The molecule has 0 aliphatic carbocycles. The lowest BCUT2D eigenvalue weighted by molar-refractivity contribution is -0.384. The van der Waals surface area contributed by atoms with Crippen LogP contribution >= 0.6 is 11.8 Å². The molecule has 8 heteroatoms. The van der Waals surface area contributed by atoms with Gasteiger partial charge in [0, 0.05) is 12.1 Å². The Kier molecular flexibility index (Phi) is 6.03. The molecule has 29 heavy (non-hydrogen) atoms. The summed E-state index contributed by atoms with van der Waals surface area (Å²) in [6.45, 7) is 5.62. The van der Waals surface area contributed by atoms with Crippen LogP contribution in [0.25, 0.3) is 5.57 Å². The summed E-state index contributed by atoms with van der Waals surface area (Å²) >= 11 is 1.28. The van der Waals surface area contributed by atoms with Crippen molar-refractivity contribution in [1.29, 1.82) is 0 Å². The van der Waals surface area contributed by atoms with Crippen LogP contribution in [-0.2, 0) is 9.59 Å². The van der Waals surface area contributed by atoms with Gasteiger partial charge in [0.05, 0.1) is 27.2 Å². The third-order valence-corrected chi connectivity index (χ3v) is 5.12. The maximum Gasteiger partial charge on any atom is 0.272 e. The minimum Gasteiger partial charge on any atom is -0.489 e.